The molecule has 19 heavy (non-hydrogen) atoms. The van der Waals surface area contributed by atoms with Crippen molar-refractivity contribution in [3.8, 4) is 0 Å². The Hall–Kier alpha value is -1.91. The average molecular weight is 267 g/mol. The number of hydrogen-bond donors (Lipinski definition) is 1. The van der Waals surface area contributed by atoms with Gasteiger partial charge in [0.1, 0.15) is 5.82 Å². The molecule has 5 heteroatoms. The van der Waals surface area contributed by atoms with Crippen molar-refractivity contribution in [1.82, 2.24) is 0 Å². The first-order valence-electron chi connectivity index (χ1n) is 6.32. The molecule has 0 fully saturated rings. The third-order valence-electron chi connectivity index (χ3n) is 2.79. The molecule has 0 heterocycles. The van der Waals surface area contributed by atoms with Crippen LogP contribution in [-0.2, 0) is 9.59 Å². The topological polar surface area (TPSA) is 57.6 Å². The molecule has 1 amide bonds. The number of amides is 1. The zero-order valence-corrected chi connectivity index (χ0v) is 10.9. The maximum absolute atomic E-state index is 12.8. The van der Waals surface area contributed by atoms with Crippen molar-refractivity contribution in [2.75, 3.05) is 11.4 Å². The fourth-order valence-corrected chi connectivity index (χ4v) is 1.81. The lowest BCUT2D eigenvalue weighted by atomic mass is 10.1. The van der Waals surface area contributed by atoms with Crippen molar-refractivity contribution in [1.29, 1.82) is 0 Å². The second-order valence-electron chi connectivity index (χ2n) is 4.22. The summed E-state index contributed by atoms with van der Waals surface area (Å²) in [5.74, 6) is -1.26. The smallest absolute Gasteiger partial charge is 0.303 e. The Morgan fingerprint density at radius 2 is 1.74 bits per heavy atom. The average Bonchev–Trinajstić information content (AvgIpc) is 2.37. The van der Waals surface area contributed by atoms with Gasteiger partial charge in [-0.05, 0) is 44.0 Å². The van der Waals surface area contributed by atoms with Gasteiger partial charge in [-0.1, -0.05) is 0 Å². The van der Waals surface area contributed by atoms with Crippen LogP contribution in [0.1, 0.15) is 32.6 Å². The van der Waals surface area contributed by atoms with Crippen LogP contribution < -0.4 is 4.90 Å². The molecule has 0 aliphatic rings. The van der Waals surface area contributed by atoms with Crippen LogP contribution in [0.4, 0.5) is 10.1 Å². The molecule has 0 bridgehead atoms. The van der Waals surface area contributed by atoms with Gasteiger partial charge in [0, 0.05) is 25.1 Å². The fourth-order valence-electron chi connectivity index (χ4n) is 1.81. The van der Waals surface area contributed by atoms with Crippen LogP contribution in [0.3, 0.4) is 0 Å². The van der Waals surface area contributed by atoms with Gasteiger partial charge in [-0.2, -0.15) is 0 Å². The molecule has 0 saturated carbocycles. The fraction of sp³-hybridized carbons (Fsp3) is 0.429. The van der Waals surface area contributed by atoms with Crippen LogP contribution in [-0.4, -0.2) is 23.5 Å². The summed E-state index contributed by atoms with van der Waals surface area (Å²) in [6.07, 6.45) is 1.42. The summed E-state index contributed by atoms with van der Waals surface area (Å²) in [4.78, 5) is 23.9. The summed E-state index contributed by atoms with van der Waals surface area (Å²) < 4.78 is 12.8. The first-order valence-corrected chi connectivity index (χ1v) is 6.32. The predicted octanol–water partition coefficient (Wildman–Crippen LogP) is 2.82. The lowest BCUT2D eigenvalue weighted by Gasteiger charge is -2.21. The number of carboxylic acids is 1. The van der Waals surface area contributed by atoms with E-state index >= 15 is 0 Å². The van der Waals surface area contributed by atoms with Crippen LogP contribution in [0, 0.1) is 5.82 Å². The van der Waals surface area contributed by atoms with E-state index in [4.69, 9.17) is 5.11 Å². The Morgan fingerprint density at radius 3 is 2.26 bits per heavy atom. The van der Waals surface area contributed by atoms with E-state index in [0.29, 0.717) is 31.5 Å². The Morgan fingerprint density at radius 1 is 1.16 bits per heavy atom. The zero-order valence-electron chi connectivity index (χ0n) is 10.9. The number of nitrogens with zero attached hydrogens (tertiary/aromatic N) is 1. The van der Waals surface area contributed by atoms with Crippen molar-refractivity contribution < 1.29 is 19.1 Å². The molecule has 1 rings (SSSR count). The molecule has 4 nitrogen and oxygen atoms in total. The standard InChI is InChI=1S/C14H18FNO3/c1-2-16(12-9-7-11(15)8-10-12)13(17)5-3-4-6-14(18)19/h7-10H,2-6H2,1H3,(H,18,19). The minimum atomic E-state index is -0.849. The number of carbonyl (C=O) groups excluding carboxylic acids is 1. The molecule has 1 aromatic carbocycles. The lowest BCUT2D eigenvalue weighted by molar-refractivity contribution is -0.137. The first kappa shape index (κ1) is 15.1. The van der Waals surface area contributed by atoms with E-state index in [1.54, 1.807) is 17.0 Å². The Balaban J connectivity index is 2.52. The Labute approximate surface area is 111 Å². The van der Waals surface area contributed by atoms with Gasteiger partial charge in [-0.25, -0.2) is 4.39 Å². The van der Waals surface area contributed by atoms with Crippen LogP contribution in [0.15, 0.2) is 24.3 Å². The normalized spacial score (nSPS) is 10.2. The van der Waals surface area contributed by atoms with Crippen molar-refractivity contribution in [2.24, 2.45) is 0 Å². The molecule has 0 atom stereocenters. The van der Waals surface area contributed by atoms with Crippen LogP contribution in [0.5, 0.6) is 0 Å². The summed E-state index contributed by atoms with van der Waals surface area (Å²) in [7, 11) is 0. The SMILES string of the molecule is CCN(C(=O)CCCCC(=O)O)c1ccc(F)cc1. The van der Waals surface area contributed by atoms with Gasteiger partial charge < -0.3 is 10.0 Å². The predicted molar refractivity (Wildman–Crippen MR) is 70.5 cm³/mol. The van der Waals surface area contributed by atoms with Crippen molar-refractivity contribution in [2.45, 2.75) is 32.6 Å². The van der Waals surface area contributed by atoms with Crippen molar-refractivity contribution >= 4 is 17.6 Å². The summed E-state index contributed by atoms with van der Waals surface area (Å²) in [6, 6.07) is 5.76. The first-order chi connectivity index (χ1) is 9.04. The maximum Gasteiger partial charge on any atom is 0.303 e. The summed E-state index contributed by atoms with van der Waals surface area (Å²) >= 11 is 0. The number of rotatable bonds is 7. The highest BCUT2D eigenvalue weighted by atomic mass is 19.1. The molecular formula is C14H18FNO3. The largest absolute Gasteiger partial charge is 0.481 e. The van der Waals surface area contributed by atoms with Crippen LogP contribution >= 0.6 is 0 Å². The molecule has 0 aliphatic heterocycles. The zero-order chi connectivity index (χ0) is 14.3. The lowest BCUT2D eigenvalue weighted by Crippen LogP contribution is -2.30. The third-order valence-corrected chi connectivity index (χ3v) is 2.79. The van der Waals surface area contributed by atoms with Gasteiger partial charge in [0.2, 0.25) is 5.91 Å². The van der Waals surface area contributed by atoms with E-state index in [1.807, 2.05) is 6.92 Å². The van der Waals surface area contributed by atoms with Crippen molar-refractivity contribution in [3.05, 3.63) is 30.1 Å². The van der Waals surface area contributed by atoms with E-state index in [1.165, 1.54) is 12.1 Å². The highest BCUT2D eigenvalue weighted by molar-refractivity contribution is 5.93. The van der Waals surface area contributed by atoms with Gasteiger partial charge in [0.15, 0.2) is 0 Å². The molecule has 0 aromatic heterocycles. The second-order valence-corrected chi connectivity index (χ2v) is 4.22. The molecule has 104 valence electrons. The van der Waals surface area contributed by atoms with E-state index in [0.717, 1.165) is 0 Å². The Kier molecular flexibility index (Phi) is 5.99. The number of unbranched alkanes of at least 4 members (excludes halogenated alkanes) is 1. The summed E-state index contributed by atoms with van der Waals surface area (Å²) in [6.45, 7) is 2.35. The van der Waals surface area contributed by atoms with Gasteiger partial charge >= 0.3 is 5.97 Å². The molecule has 0 aliphatic carbocycles. The number of benzene rings is 1. The van der Waals surface area contributed by atoms with Crippen LogP contribution in [0.25, 0.3) is 0 Å². The number of hydrogen-bond acceptors (Lipinski definition) is 2. The summed E-state index contributed by atoms with van der Waals surface area (Å²) in [5, 5.41) is 8.51. The Bertz CT molecular complexity index is 431. The van der Waals surface area contributed by atoms with Gasteiger partial charge in [0.05, 0.1) is 0 Å². The molecule has 1 aromatic rings. The van der Waals surface area contributed by atoms with E-state index < -0.39 is 5.97 Å². The van der Waals surface area contributed by atoms with Crippen molar-refractivity contribution in [3.63, 3.8) is 0 Å². The highest BCUT2D eigenvalue weighted by Crippen LogP contribution is 2.16. The number of carbonyl (C=O) groups is 2. The molecule has 0 radical (unpaired) electrons. The number of aliphatic carboxylic acids is 1. The number of anilines is 1. The molecule has 1 N–H and O–H groups in total. The molecule has 0 saturated heterocycles. The maximum atomic E-state index is 12.8. The highest BCUT2D eigenvalue weighted by Gasteiger charge is 2.13. The molecule has 0 unspecified atom stereocenters. The van der Waals surface area contributed by atoms with Gasteiger partial charge in [-0.15, -0.1) is 0 Å². The van der Waals surface area contributed by atoms with E-state index in [2.05, 4.69) is 0 Å². The quantitative estimate of drug-likeness (QED) is 0.773. The minimum Gasteiger partial charge on any atom is -0.481 e. The van der Waals surface area contributed by atoms with E-state index in [-0.39, 0.29) is 18.1 Å². The van der Waals surface area contributed by atoms with Gasteiger partial charge in [0.25, 0.3) is 0 Å². The second kappa shape index (κ2) is 7.51. The number of halogens is 1. The third kappa shape index (κ3) is 5.07. The summed E-state index contributed by atoms with van der Waals surface area (Å²) in [5.41, 5.74) is 0.659. The van der Waals surface area contributed by atoms with Gasteiger partial charge in [-0.3, -0.25) is 9.59 Å². The minimum absolute atomic E-state index is 0.0699. The number of carboxylic acid groups (broad SMARTS) is 1. The molecular weight excluding hydrogens is 249 g/mol. The molecule has 0 spiro atoms. The van der Waals surface area contributed by atoms with Crippen LogP contribution in [0.2, 0.25) is 0 Å². The monoisotopic (exact) mass is 267 g/mol. The van der Waals surface area contributed by atoms with E-state index in [9.17, 15) is 14.0 Å².